The summed E-state index contributed by atoms with van der Waals surface area (Å²) in [5.74, 6) is -1.22. The number of carbonyl (C=O) groups excluding carboxylic acids is 1. The van der Waals surface area contributed by atoms with Gasteiger partial charge < -0.3 is 15.5 Å². The molecule has 0 bridgehead atoms. The van der Waals surface area contributed by atoms with Crippen LogP contribution in [0.5, 0.6) is 5.75 Å². The summed E-state index contributed by atoms with van der Waals surface area (Å²) in [6.07, 6.45) is 1.30. The quantitative estimate of drug-likeness (QED) is 0.554. The molecule has 0 saturated carbocycles. The van der Waals surface area contributed by atoms with Crippen molar-refractivity contribution >= 4 is 35.0 Å². The Labute approximate surface area is 153 Å². The molecule has 1 atom stereocenters. The Balaban J connectivity index is 1.76. The van der Waals surface area contributed by atoms with E-state index in [0.717, 1.165) is 28.5 Å². The molecule has 0 aromatic heterocycles. The van der Waals surface area contributed by atoms with Crippen LogP contribution in [-0.4, -0.2) is 38.7 Å². The Bertz CT molecular complexity index is 894. The third kappa shape index (κ3) is 4.28. The summed E-state index contributed by atoms with van der Waals surface area (Å²) in [6, 6.07) is 14.4. The zero-order valence-corrected chi connectivity index (χ0v) is 14.3. The van der Waals surface area contributed by atoms with Crippen LogP contribution in [0, 0.1) is 0 Å². The van der Waals surface area contributed by atoms with E-state index in [4.69, 9.17) is 5.11 Å². The van der Waals surface area contributed by atoms with Crippen LogP contribution < -0.4 is 5.32 Å². The van der Waals surface area contributed by atoms with Gasteiger partial charge in [0.05, 0.1) is 12.6 Å². The lowest BCUT2D eigenvalue weighted by Gasteiger charge is -2.05. The number of rotatable bonds is 5. The lowest BCUT2D eigenvalue weighted by Crippen LogP contribution is -2.26. The minimum absolute atomic E-state index is 0.191. The maximum Gasteiger partial charge on any atom is 0.305 e. The maximum absolute atomic E-state index is 11.7. The highest BCUT2D eigenvalue weighted by Gasteiger charge is 2.32. The minimum atomic E-state index is -1.04. The number of phenols is 1. The predicted octanol–water partition coefficient (Wildman–Crippen LogP) is 2.46. The number of amidine groups is 1. The van der Waals surface area contributed by atoms with E-state index >= 15 is 0 Å². The molecule has 132 valence electrons. The second-order valence-corrected chi connectivity index (χ2v) is 6.67. The van der Waals surface area contributed by atoms with Gasteiger partial charge in [0.25, 0.3) is 0 Å². The summed E-state index contributed by atoms with van der Waals surface area (Å²) in [7, 11) is 0. The van der Waals surface area contributed by atoms with Crippen LogP contribution in [0.4, 0.5) is 0 Å². The summed E-state index contributed by atoms with van der Waals surface area (Å²) in [5, 5.41) is 28.3. The van der Waals surface area contributed by atoms with Crippen molar-refractivity contribution in [1.82, 2.24) is 5.32 Å². The van der Waals surface area contributed by atoms with Gasteiger partial charge in [-0.05, 0) is 23.3 Å². The van der Waals surface area contributed by atoms with E-state index < -0.39 is 11.2 Å². The standard InChI is InChI=1S/C18H15N3O4S/c22-13-7-5-11(6-8-13)14-4-2-1-3-12(14)10-19-21-18-20-17(25)15(26-18)9-16(23)24/h1-8,10,15,22H,9H2,(H,23,24)(H,20,21,25). The molecule has 1 unspecified atom stereocenters. The second kappa shape index (κ2) is 7.83. The van der Waals surface area contributed by atoms with Crippen LogP contribution >= 0.6 is 11.8 Å². The third-order valence-electron chi connectivity index (χ3n) is 3.62. The number of phenolic OH excluding ortho intramolecular Hbond substituents is 1. The van der Waals surface area contributed by atoms with Crippen molar-refractivity contribution < 1.29 is 19.8 Å². The number of benzene rings is 2. The highest BCUT2D eigenvalue weighted by molar-refractivity contribution is 8.15. The van der Waals surface area contributed by atoms with E-state index in [-0.39, 0.29) is 23.2 Å². The third-order valence-corrected chi connectivity index (χ3v) is 4.69. The first-order chi connectivity index (χ1) is 12.5. The molecule has 2 aromatic rings. The molecule has 0 spiro atoms. The van der Waals surface area contributed by atoms with Crippen LogP contribution in [0.15, 0.2) is 58.7 Å². The first-order valence-electron chi connectivity index (χ1n) is 7.71. The number of nitrogens with zero attached hydrogens (tertiary/aromatic N) is 2. The number of thioether (sulfide) groups is 1. The molecule has 3 rings (SSSR count). The minimum Gasteiger partial charge on any atom is -0.508 e. The molecule has 1 aliphatic rings. The van der Waals surface area contributed by atoms with Gasteiger partial charge in [-0.25, -0.2) is 0 Å². The molecule has 3 N–H and O–H groups in total. The molecule has 1 saturated heterocycles. The van der Waals surface area contributed by atoms with Crippen molar-refractivity contribution in [3.8, 4) is 16.9 Å². The Hall–Kier alpha value is -3.13. The molecule has 0 aliphatic carbocycles. The fraction of sp³-hybridized carbons (Fsp3) is 0.111. The highest BCUT2D eigenvalue weighted by atomic mass is 32.2. The topological polar surface area (TPSA) is 111 Å². The SMILES string of the molecule is O=C(O)CC1SC(=NN=Cc2ccccc2-c2ccc(O)cc2)NC1=O. The lowest BCUT2D eigenvalue weighted by molar-refractivity contribution is -0.138. The first-order valence-corrected chi connectivity index (χ1v) is 8.59. The van der Waals surface area contributed by atoms with E-state index in [2.05, 4.69) is 15.5 Å². The number of carboxylic acids is 1. The van der Waals surface area contributed by atoms with Gasteiger partial charge in [0.1, 0.15) is 11.0 Å². The lowest BCUT2D eigenvalue weighted by atomic mass is 10.0. The average molecular weight is 369 g/mol. The Morgan fingerprint density at radius 3 is 2.65 bits per heavy atom. The molecular formula is C18H15N3O4S. The van der Waals surface area contributed by atoms with Crippen molar-refractivity contribution in [3.63, 3.8) is 0 Å². The molecule has 1 aliphatic heterocycles. The molecule has 26 heavy (non-hydrogen) atoms. The summed E-state index contributed by atoms with van der Waals surface area (Å²) in [5.41, 5.74) is 2.66. The summed E-state index contributed by atoms with van der Waals surface area (Å²) >= 11 is 1.05. The van der Waals surface area contributed by atoms with Crippen LogP contribution in [0.25, 0.3) is 11.1 Å². The van der Waals surface area contributed by atoms with Crippen molar-refractivity contribution in [2.24, 2.45) is 10.2 Å². The molecule has 1 heterocycles. The van der Waals surface area contributed by atoms with Gasteiger partial charge >= 0.3 is 5.97 Å². The Morgan fingerprint density at radius 2 is 1.92 bits per heavy atom. The number of carboxylic acid groups (broad SMARTS) is 1. The van der Waals surface area contributed by atoms with Crippen molar-refractivity contribution in [2.45, 2.75) is 11.7 Å². The second-order valence-electron chi connectivity index (χ2n) is 5.48. The highest BCUT2D eigenvalue weighted by Crippen LogP contribution is 2.25. The number of nitrogens with one attached hydrogen (secondary N) is 1. The normalized spacial score (nSPS) is 18.4. The fourth-order valence-electron chi connectivity index (χ4n) is 2.40. The summed E-state index contributed by atoms with van der Waals surface area (Å²) in [4.78, 5) is 22.4. The smallest absolute Gasteiger partial charge is 0.305 e. The van der Waals surface area contributed by atoms with E-state index in [1.807, 2.05) is 24.3 Å². The van der Waals surface area contributed by atoms with Crippen molar-refractivity contribution in [3.05, 3.63) is 54.1 Å². The van der Waals surface area contributed by atoms with E-state index in [0.29, 0.717) is 0 Å². The number of aliphatic carboxylic acids is 1. The average Bonchev–Trinajstić information content (AvgIpc) is 2.95. The van der Waals surface area contributed by atoms with Crippen LogP contribution in [-0.2, 0) is 9.59 Å². The largest absolute Gasteiger partial charge is 0.508 e. The van der Waals surface area contributed by atoms with Crippen molar-refractivity contribution in [2.75, 3.05) is 0 Å². The molecule has 8 heteroatoms. The van der Waals surface area contributed by atoms with E-state index in [1.165, 1.54) is 0 Å². The van der Waals surface area contributed by atoms with Gasteiger partial charge in [0, 0.05) is 5.56 Å². The zero-order valence-electron chi connectivity index (χ0n) is 13.5. The molecule has 2 aromatic carbocycles. The zero-order chi connectivity index (χ0) is 18.5. The number of hydrogen-bond acceptors (Lipinski definition) is 6. The van der Waals surface area contributed by atoms with Crippen LogP contribution in [0.3, 0.4) is 0 Å². The van der Waals surface area contributed by atoms with E-state index in [9.17, 15) is 14.7 Å². The summed E-state index contributed by atoms with van der Waals surface area (Å²) < 4.78 is 0. The van der Waals surface area contributed by atoms with Gasteiger partial charge in [0.2, 0.25) is 5.91 Å². The number of hydrogen-bond donors (Lipinski definition) is 3. The molecule has 7 nitrogen and oxygen atoms in total. The Morgan fingerprint density at radius 1 is 1.19 bits per heavy atom. The van der Waals surface area contributed by atoms with E-state index in [1.54, 1.807) is 30.5 Å². The van der Waals surface area contributed by atoms with Crippen LogP contribution in [0.2, 0.25) is 0 Å². The molecular weight excluding hydrogens is 354 g/mol. The first kappa shape index (κ1) is 17.7. The van der Waals surface area contributed by atoms with Gasteiger partial charge in [-0.3, -0.25) is 9.59 Å². The summed E-state index contributed by atoms with van der Waals surface area (Å²) in [6.45, 7) is 0. The molecule has 0 radical (unpaired) electrons. The number of aromatic hydroxyl groups is 1. The predicted molar refractivity (Wildman–Crippen MR) is 100 cm³/mol. The van der Waals surface area contributed by atoms with Gasteiger partial charge in [-0.1, -0.05) is 48.2 Å². The molecule has 1 fully saturated rings. The number of carbonyl (C=O) groups is 2. The monoisotopic (exact) mass is 369 g/mol. The van der Waals surface area contributed by atoms with Crippen molar-refractivity contribution in [1.29, 1.82) is 0 Å². The maximum atomic E-state index is 11.7. The fourth-order valence-corrected chi connectivity index (χ4v) is 3.32. The van der Waals surface area contributed by atoms with Gasteiger partial charge in [-0.2, -0.15) is 5.10 Å². The molecule has 1 amide bonds. The Kier molecular flexibility index (Phi) is 5.33. The van der Waals surface area contributed by atoms with Crippen LogP contribution in [0.1, 0.15) is 12.0 Å². The van der Waals surface area contributed by atoms with Gasteiger partial charge in [0.15, 0.2) is 5.17 Å². The van der Waals surface area contributed by atoms with Gasteiger partial charge in [-0.15, -0.1) is 5.10 Å². The number of amides is 1.